The standard InChI is InChI=1S/C22H29N3O3/c1-25(19-9-3-2-4-10-19)14-7-13-23-22(26)24-18-8-5-11-20(16-18)28-17-21-12-6-15-27-21/h2-5,8-11,16,21H,6-7,12-15,17H2,1H3,(H2,23,24,26). The van der Waals surface area contributed by atoms with Gasteiger partial charge in [-0.1, -0.05) is 24.3 Å². The molecule has 1 atom stereocenters. The minimum absolute atomic E-state index is 0.175. The molecule has 1 aliphatic rings. The van der Waals surface area contributed by atoms with Crippen LogP contribution in [0.1, 0.15) is 19.3 Å². The lowest BCUT2D eigenvalue weighted by Gasteiger charge is -2.19. The van der Waals surface area contributed by atoms with Crippen LogP contribution in [0.25, 0.3) is 0 Å². The van der Waals surface area contributed by atoms with Crippen LogP contribution in [0.5, 0.6) is 5.75 Å². The molecule has 0 aliphatic carbocycles. The lowest BCUT2D eigenvalue weighted by molar-refractivity contribution is 0.0680. The van der Waals surface area contributed by atoms with E-state index in [1.54, 1.807) is 0 Å². The molecule has 1 saturated heterocycles. The van der Waals surface area contributed by atoms with E-state index in [2.05, 4.69) is 34.7 Å². The molecule has 0 bridgehead atoms. The van der Waals surface area contributed by atoms with Crippen molar-refractivity contribution < 1.29 is 14.3 Å². The van der Waals surface area contributed by atoms with Gasteiger partial charge in [-0.2, -0.15) is 0 Å². The molecular formula is C22H29N3O3. The van der Waals surface area contributed by atoms with Gasteiger partial charge in [0, 0.05) is 44.2 Å². The van der Waals surface area contributed by atoms with Crippen molar-refractivity contribution in [3.8, 4) is 5.75 Å². The first-order valence-electron chi connectivity index (χ1n) is 9.86. The molecule has 1 heterocycles. The van der Waals surface area contributed by atoms with Crippen molar-refractivity contribution in [2.45, 2.75) is 25.4 Å². The largest absolute Gasteiger partial charge is 0.491 e. The van der Waals surface area contributed by atoms with Gasteiger partial charge in [0.2, 0.25) is 0 Å². The van der Waals surface area contributed by atoms with E-state index in [9.17, 15) is 4.79 Å². The van der Waals surface area contributed by atoms with Gasteiger partial charge in [0.05, 0.1) is 6.10 Å². The molecule has 6 nitrogen and oxygen atoms in total. The molecule has 1 aliphatic heterocycles. The lowest BCUT2D eigenvalue weighted by Crippen LogP contribution is -2.31. The SMILES string of the molecule is CN(CCCNC(=O)Nc1cccc(OCC2CCCO2)c1)c1ccccc1. The molecule has 2 amide bonds. The third-order valence-corrected chi connectivity index (χ3v) is 4.70. The predicted octanol–water partition coefficient (Wildman–Crippen LogP) is 3.89. The minimum Gasteiger partial charge on any atom is -0.491 e. The van der Waals surface area contributed by atoms with Gasteiger partial charge in [-0.05, 0) is 43.5 Å². The summed E-state index contributed by atoms with van der Waals surface area (Å²) in [6.07, 6.45) is 3.18. The number of carbonyl (C=O) groups excluding carboxylic acids is 1. The maximum Gasteiger partial charge on any atom is 0.319 e. The molecular weight excluding hydrogens is 354 g/mol. The zero-order valence-corrected chi connectivity index (χ0v) is 16.4. The molecule has 0 radical (unpaired) electrons. The van der Waals surface area contributed by atoms with Gasteiger partial charge in [-0.15, -0.1) is 0 Å². The molecule has 6 heteroatoms. The van der Waals surface area contributed by atoms with Gasteiger partial charge in [0.1, 0.15) is 12.4 Å². The average Bonchev–Trinajstić information content (AvgIpc) is 3.24. The van der Waals surface area contributed by atoms with Crippen molar-refractivity contribution in [3.63, 3.8) is 0 Å². The van der Waals surface area contributed by atoms with E-state index in [0.29, 0.717) is 18.8 Å². The second-order valence-corrected chi connectivity index (χ2v) is 6.97. The molecule has 1 fully saturated rings. The maximum absolute atomic E-state index is 12.1. The highest BCUT2D eigenvalue weighted by Crippen LogP contribution is 2.19. The van der Waals surface area contributed by atoms with Gasteiger partial charge in [0.15, 0.2) is 0 Å². The monoisotopic (exact) mass is 383 g/mol. The molecule has 0 saturated carbocycles. The molecule has 0 aromatic heterocycles. The first-order chi connectivity index (χ1) is 13.7. The zero-order chi connectivity index (χ0) is 19.6. The van der Waals surface area contributed by atoms with Crippen molar-refractivity contribution in [2.75, 3.05) is 43.6 Å². The van der Waals surface area contributed by atoms with E-state index in [1.165, 1.54) is 5.69 Å². The van der Waals surface area contributed by atoms with Gasteiger partial charge in [-0.3, -0.25) is 0 Å². The summed E-state index contributed by atoms with van der Waals surface area (Å²) in [4.78, 5) is 14.3. The first-order valence-corrected chi connectivity index (χ1v) is 9.86. The Morgan fingerprint density at radius 1 is 1.21 bits per heavy atom. The summed E-state index contributed by atoms with van der Waals surface area (Å²) in [5, 5.41) is 5.75. The number of nitrogens with zero attached hydrogens (tertiary/aromatic N) is 1. The highest BCUT2D eigenvalue weighted by atomic mass is 16.5. The fraction of sp³-hybridized carbons (Fsp3) is 0.409. The van der Waals surface area contributed by atoms with Crippen LogP contribution in [0.3, 0.4) is 0 Å². The summed E-state index contributed by atoms with van der Waals surface area (Å²) in [5.41, 5.74) is 1.88. The Bertz CT molecular complexity index is 733. The number of para-hydroxylation sites is 1. The van der Waals surface area contributed by atoms with Gasteiger partial charge in [-0.25, -0.2) is 4.79 Å². The smallest absolute Gasteiger partial charge is 0.319 e. The van der Waals surface area contributed by atoms with E-state index >= 15 is 0 Å². The summed E-state index contributed by atoms with van der Waals surface area (Å²) in [6.45, 7) is 2.84. The number of hydrogen-bond donors (Lipinski definition) is 2. The van der Waals surface area contributed by atoms with Crippen LogP contribution in [-0.4, -0.2) is 45.5 Å². The summed E-state index contributed by atoms with van der Waals surface area (Å²) in [7, 11) is 2.05. The highest BCUT2D eigenvalue weighted by Gasteiger charge is 2.16. The summed E-state index contributed by atoms with van der Waals surface area (Å²) in [5.74, 6) is 0.734. The molecule has 150 valence electrons. The Labute approximate surface area is 166 Å². The summed E-state index contributed by atoms with van der Waals surface area (Å²) < 4.78 is 11.3. The van der Waals surface area contributed by atoms with Gasteiger partial charge >= 0.3 is 6.03 Å². The van der Waals surface area contributed by atoms with Crippen LogP contribution in [0.4, 0.5) is 16.2 Å². The van der Waals surface area contributed by atoms with E-state index in [4.69, 9.17) is 9.47 Å². The van der Waals surface area contributed by atoms with Gasteiger partial charge in [0.25, 0.3) is 0 Å². The Morgan fingerprint density at radius 2 is 2.07 bits per heavy atom. The number of anilines is 2. The third kappa shape index (κ3) is 6.46. The number of benzene rings is 2. The molecule has 2 aromatic carbocycles. The van der Waals surface area contributed by atoms with Crippen LogP contribution in [0.15, 0.2) is 54.6 Å². The van der Waals surface area contributed by atoms with Crippen LogP contribution >= 0.6 is 0 Å². The van der Waals surface area contributed by atoms with E-state index in [-0.39, 0.29) is 12.1 Å². The van der Waals surface area contributed by atoms with E-state index < -0.39 is 0 Å². The Hall–Kier alpha value is -2.73. The predicted molar refractivity (Wildman–Crippen MR) is 112 cm³/mol. The second kappa shape index (κ2) is 10.6. The van der Waals surface area contributed by atoms with Crippen molar-refractivity contribution in [2.24, 2.45) is 0 Å². The Balaban J connectivity index is 1.35. The fourth-order valence-corrected chi connectivity index (χ4v) is 3.13. The number of ether oxygens (including phenoxy) is 2. The lowest BCUT2D eigenvalue weighted by atomic mass is 10.2. The molecule has 2 N–H and O–H groups in total. The number of hydrogen-bond acceptors (Lipinski definition) is 4. The van der Waals surface area contributed by atoms with Crippen LogP contribution < -0.4 is 20.3 Å². The van der Waals surface area contributed by atoms with E-state index in [1.807, 2.05) is 42.5 Å². The van der Waals surface area contributed by atoms with Crippen molar-refractivity contribution in [3.05, 3.63) is 54.6 Å². The second-order valence-electron chi connectivity index (χ2n) is 6.97. The average molecular weight is 383 g/mol. The quantitative estimate of drug-likeness (QED) is 0.645. The van der Waals surface area contributed by atoms with Gasteiger partial charge < -0.3 is 25.0 Å². The van der Waals surface area contributed by atoms with Crippen LogP contribution in [-0.2, 0) is 4.74 Å². The topological polar surface area (TPSA) is 62.8 Å². The number of carbonyl (C=O) groups is 1. The maximum atomic E-state index is 12.1. The molecule has 2 aromatic rings. The third-order valence-electron chi connectivity index (χ3n) is 4.70. The minimum atomic E-state index is -0.210. The van der Waals surface area contributed by atoms with Crippen molar-refractivity contribution >= 4 is 17.4 Å². The molecule has 0 spiro atoms. The number of rotatable bonds is 9. The van der Waals surface area contributed by atoms with Crippen molar-refractivity contribution in [1.82, 2.24) is 5.32 Å². The zero-order valence-electron chi connectivity index (χ0n) is 16.4. The number of nitrogens with one attached hydrogen (secondary N) is 2. The number of urea groups is 1. The first kappa shape index (κ1) is 20.0. The molecule has 28 heavy (non-hydrogen) atoms. The molecule has 1 unspecified atom stereocenters. The summed E-state index contributed by atoms with van der Waals surface area (Å²) in [6, 6.07) is 17.4. The Morgan fingerprint density at radius 3 is 2.86 bits per heavy atom. The van der Waals surface area contributed by atoms with Crippen LogP contribution in [0.2, 0.25) is 0 Å². The highest BCUT2D eigenvalue weighted by molar-refractivity contribution is 5.89. The fourth-order valence-electron chi connectivity index (χ4n) is 3.13. The van der Waals surface area contributed by atoms with Crippen LogP contribution in [0, 0.1) is 0 Å². The normalized spacial score (nSPS) is 15.8. The van der Waals surface area contributed by atoms with Crippen molar-refractivity contribution in [1.29, 1.82) is 0 Å². The number of amides is 2. The summed E-state index contributed by atoms with van der Waals surface area (Å²) >= 11 is 0. The molecule has 3 rings (SSSR count). The van der Waals surface area contributed by atoms with E-state index in [0.717, 1.165) is 38.2 Å². The Kier molecular flexibility index (Phi) is 7.55.